The van der Waals surface area contributed by atoms with Crippen LogP contribution in [0.3, 0.4) is 0 Å². The van der Waals surface area contributed by atoms with Gasteiger partial charge in [-0.1, -0.05) is 42.5 Å². The molecule has 0 fully saturated rings. The molecule has 1 heterocycles. The third-order valence-electron chi connectivity index (χ3n) is 5.16. The van der Waals surface area contributed by atoms with Gasteiger partial charge >= 0.3 is 0 Å². The normalized spacial score (nSPS) is 21.4. The van der Waals surface area contributed by atoms with Crippen molar-refractivity contribution in [2.45, 2.75) is 11.3 Å². The molecule has 0 saturated carbocycles. The number of hydrogen-bond acceptors (Lipinski definition) is 3. The van der Waals surface area contributed by atoms with Crippen LogP contribution in [-0.2, 0) is 10.2 Å². The topological polar surface area (TPSA) is 102 Å². The van der Waals surface area contributed by atoms with Gasteiger partial charge in [-0.3, -0.25) is 14.9 Å². The predicted molar refractivity (Wildman–Crippen MR) is 103 cm³/mol. The molecule has 0 saturated heterocycles. The molecule has 2 aromatic carbocycles. The van der Waals surface area contributed by atoms with E-state index in [2.05, 4.69) is 4.98 Å². The zero-order valence-corrected chi connectivity index (χ0v) is 14.3. The van der Waals surface area contributed by atoms with Crippen LogP contribution in [0, 0.1) is 10.1 Å². The van der Waals surface area contributed by atoms with Crippen molar-refractivity contribution in [1.29, 1.82) is 0 Å². The average molecular weight is 359 g/mol. The van der Waals surface area contributed by atoms with Crippen molar-refractivity contribution < 1.29 is 9.72 Å². The number of amides is 1. The van der Waals surface area contributed by atoms with Gasteiger partial charge in [-0.05, 0) is 34.7 Å². The van der Waals surface area contributed by atoms with Crippen molar-refractivity contribution in [1.82, 2.24) is 4.98 Å². The van der Waals surface area contributed by atoms with Crippen LogP contribution >= 0.6 is 0 Å². The highest BCUT2D eigenvalue weighted by atomic mass is 16.6. The first-order valence-electron chi connectivity index (χ1n) is 8.50. The highest BCUT2D eigenvalue weighted by Crippen LogP contribution is 2.44. The summed E-state index contributed by atoms with van der Waals surface area (Å²) < 4.78 is 0. The van der Waals surface area contributed by atoms with Gasteiger partial charge in [0.15, 0.2) is 0 Å². The number of benzene rings is 2. The van der Waals surface area contributed by atoms with Crippen LogP contribution in [0.2, 0.25) is 0 Å². The van der Waals surface area contributed by atoms with Gasteiger partial charge in [0.25, 0.3) is 5.69 Å². The molecule has 3 N–H and O–H groups in total. The van der Waals surface area contributed by atoms with Crippen molar-refractivity contribution >= 4 is 22.5 Å². The number of aromatic amines is 1. The Morgan fingerprint density at radius 1 is 1.11 bits per heavy atom. The van der Waals surface area contributed by atoms with Crippen LogP contribution < -0.4 is 5.73 Å². The number of fused-ring (bicyclic) bond motifs is 1. The number of rotatable bonds is 4. The number of nitrogens with two attached hydrogens (primary N) is 1. The third kappa shape index (κ3) is 2.62. The van der Waals surface area contributed by atoms with Gasteiger partial charge in [-0.25, -0.2) is 0 Å². The smallest absolute Gasteiger partial charge is 0.269 e. The van der Waals surface area contributed by atoms with Crippen LogP contribution in [0.25, 0.3) is 10.9 Å². The second-order valence-electron chi connectivity index (χ2n) is 6.58. The van der Waals surface area contributed by atoms with Crippen LogP contribution in [0.1, 0.15) is 17.0 Å². The number of nitrogens with zero attached hydrogens (tertiary/aromatic N) is 1. The summed E-state index contributed by atoms with van der Waals surface area (Å²) in [6.45, 7) is 0. The number of H-pyrrole nitrogens is 1. The lowest BCUT2D eigenvalue weighted by molar-refractivity contribution is -0.384. The van der Waals surface area contributed by atoms with Crippen LogP contribution in [-0.4, -0.2) is 15.8 Å². The van der Waals surface area contributed by atoms with Crippen molar-refractivity contribution in [2.75, 3.05) is 0 Å². The fourth-order valence-corrected chi connectivity index (χ4v) is 3.79. The quantitative estimate of drug-likeness (QED) is 0.548. The number of primary amides is 1. The van der Waals surface area contributed by atoms with E-state index in [-0.39, 0.29) is 11.6 Å². The second kappa shape index (κ2) is 6.25. The number of allylic oxidation sites excluding steroid dienone is 3. The number of carbonyl (C=O) groups excluding carboxylic acids is 1. The third-order valence-corrected chi connectivity index (χ3v) is 5.16. The van der Waals surface area contributed by atoms with E-state index >= 15 is 0 Å². The number of nitro benzene ring substituents is 1. The molecule has 6 heteroatoms. The SMILES string of the molecule is NC(=O)C1(c2ccc([N+](=O)[O-])cc2)C=CC=CC1c1ccc2[nH]ccc2c1. The molecule has 6 nitrogen and oxygen atoms in total. The Bertz CT molecular complexity index is 1100. The molecule has 134 valence electrons. The van der Waals surface area contributed by atoms with E-state index in [4.69, 9.17) is 5.73 Å². The van der Waals surface area contributed by atoms with Gasteiger partial charge in [0.2, 0.25) is 5.91 Å². The minimum atomic E-state index is -1.12. The summed E-state index contributed by atoms with van der Waals surface area (Å²) in [6, 6.07) is 14.0. The maximum Gasteiger partial charge on any atom is 0.269 e. The highest BCUT2D eigenvalue weighted by molar-refractivity contribution is 5.92. The summed E-state index contributed by atoms with van der Waals surface area (Å²) in [7, 11) is 0. The zero-order chi connectivity index (χ0) is 19.0. The van der Waals surface area contributed by atoms with E-state index in [9.17, 15) is 14.9 Å². The Hall–Kier alpha value is -3.67. The average Bonchev–Trinajstić information content (AvgIpc) is 3.15. The summed E-state index contributed by atoms with van der Waals surface area (Å²) in [5.74, 6) is -0.822. The standard InChI is InChI=1S/C21H17N3O3/c22-20(25)21(16-5-7-17(8-6-16)24(26)27)11-2-1-3-18(21)14-4-9-19-15(13-14)10-12-23-19/h1-13,18,23H,(H2,22,25). The highest BCUT2D eigenvalue weighted by Gasteiger charge is 2.44. The van der Waals surface area contributed by atoms with E-state index in [0.29, 0.717) is 5.56 Å². The fraction of sp³-hybridized carbons (Fsp3) is 0.0952. The van der Waals surface area contributed by atoms with Crippen molar-refractivity contribution in [2.24, 2.45) is 5.73 Å². The van der Waals surface area contributed by atoms with E-state index in [1.807, 2.05) is 42.6 Å². The maximum atomic E-state index is 12.7. The number of aromatic nitrogens is 1. The monoisotopic (exact) mass is 359 g/mol. The first kappa shape index (κ1) is 16.8. The van der Waals surface area contributed by atoms with E-state index < -0.39 is 16.2 Å². The van der Waals surface area contributed by atoms with E-state index in [1.165, 1.54) is 12.1 Å². The second-order valence-corrected chi connectivity index (χ2v) is 6.58. The van der Waals surface area contributed by atoms with Gasteiger partial charge in [0, 0.05) is 29.8 Å². The lowest BCUT2D eigenvalue weighted by Crippen LogP contribution is -2.45. The summed E-state index contributed by atoms with van der Waals surface area (Å²) in [5.41, 5.74) is 7.32. The van der Waals surface area contributed by atoms with Gasteiger partial charge in [0.1, 0.15) is 5.41 Å². The van der Waals surface area contributed by atoms with Crippen LogP contribution in [0.5, 0.6) is 0 Å². The van der Waals surface area contributed by atoms with Gasteiger partial charge < -0.3 is 10.7 Å². The minimum Gasteiger partial charge on any atom is -0.369 e. The van der Waals surface area contributed by atoms with Gasteiger partial charge in [-0.2, -0.15) is 0 Å². The van der Waals surface area contributed by atoms with Crippen molar-refractivity contribution in [3.05, 3.63) is 100 Å². The molecular formula is C21H17N3O3. The Morgan fingerprint density at radius 3 is 2.59 bits per heavy atom. The zero-order valence-electron chi connectivity index (χ0n) is 14.3. The molecule has 0 radical (unpaired) electrons. The Kier molecular flexibility index (Phi) is 3.88. The summed E-state index contributed by atoms with van der Waals surface area (Å²) in [6.07, 6.45) is 9.27. The molecule has 0 spiro atoms. The first-order valence-corrected chi connectivity index (χ1v) is 8.50. The molecule has 2 atom stereocenters. The lowest BCUT2D eigenvalue weighted by atomic mass is 9.65. The fourth-order valence-electron chi connectivity index (χ4n) is 3.79. The van der Waals surface area contributed by atoms with Crippen LogP contribution in [0.15, 0.2) is 79.0 Å². The Labute approximate surface area is 155 Å². The summed E-state index contributed by atoms with van der Waals surface area (Å²) in [4.78, 5) is 26.4. The number of carbonyl (C=O) groups is 1. The van der Waals surface area contributed by atoms with Crippen molar-refractivity contribution in [3.63, 3.8) is 0 Å². The van der Waals surface area contributed by atoms with Crippen LogP contribution in [0.4, 0.5) is 5.69 Å². The molecule has 1 aliphatic rings. The molecule has 2 unspecified atom stereocenters. The summed E-state index contributed by atoms with van der Waals surface area (Å²) in [5, 5.41) is 12.0. The molecular weight excluding hydrogens is 342 g/mol. The maximum absolute atomic E-state index is 12.7. The molecule has 1 aliphatic carbocycles. The first-order chi connectivity index (χ1) is 13.0. The number of nitro groups is 1. The van der Waals surface area contributed by atoms with Gasteiger partial charge in [-0.15, -0.1) is 0 Å². The molecule has 0 aliphatic heterocycles. The lowest BCUT2D eigenvalue weighted by Gasteiger charge is -2.36. The number of non-ortho nitro benzene ring substituents is 1. The largest absolute Gasteiger partial charge is 0.369 e. The van der Waals surface area contributed by atoms with Crippen molar-refractivity contribution in [3.8, 4) is 0 Å². The molecule has 1 aromatic heterocycles. The Morgan fingerprint density at radius 2 is 1.89 bits per heavy atom. The number of nitrogens with one attached hydrogen (secondary N) is 1. The predicted octanol–water partition coefficient (Wildman–Crippen LogP) is 3.71. The number of hydrogen-bond donors (Lipinski definition) is 2. The Balaban J connectivity index is 1.88. The molecule has 0 bridgehead atoms. The molecule has 3 aromatic rings. The minimum absolute atomic E-state index is 0.0287. The van der Waals surface area contributed by atoms with E-state index in [1.54, 1.807) is 24.3 Å². The molecule has 1 amide bonds. The van der Waals surface area contributed by atoms with Gasteiger partial charge in [0.05, 0.1) is 4.92 Å². The molecule has 4 rings (SSSR count). The summed E-state index contributed by atoms with van der Waals surface area (Å²) >= 11 is 0. The van der Waals surface area contributed by atoms with E-state index in [0.717, 1.165) is 16.5 Å². The molecule has 27 heavy (non-hydrogen) atoms.